The van der Waals surface area contributed by atoms with Crippen LogP contribution in [0, 0.1) is 6.92 Å². The Morgan fingerprint density at radius 2 is 1.73 bits per heavy atom. The van der Waals surface area contributed by atoms with Gasteiger partial charge in [0.15, 0.2) is 0 Å². The maximum absolute atomic E-state index is 6.01. The van der Waals surface area contributed by atoms with Gasteiger partial charge in [-0.15, -0.1) is 0 Å². The molecule has 0 unspecified atom stereocenters. The summed E-state index contributed by atoms with van der Waals surface area (Å²) in [5, 5.41) is 7.63. The second-order valence-corrected chi connectivity index (χ2v) is 6.01. The maximum Gasteiger partial charge on any atom is 0.224 e. The summed E-state index contributed by atoms with van der Waals surface area (Å²) in [6.07, 6.45) is 3.50. The maximum atomic E-state index is 6.01. The van der Waals surface area contributed by atoms with E-state index in [9.17, 15) is 0 Å². The summed E-state index contributed by atoms with van der Waals surface area (Å²) in [6.45, 7) is 5.00. The minimum absolute atomic E-state index is 0.582. The smallest absolute Gasteiger partial charge is 0.224 e. The van der Waals surface area contributed by atoms with E-state index in [2.05, 4.69) is 27.5 Å². The Hall–Kier alpha value is -1.52. The minimum atomic E-state index is 0.582. The Morgan fingerprint density at radius 1 is 1.00 bits per heavy atom. The fourth-order valence-corrected chi connectivity index (χ4v) is 2.59. The van der Waals surface area contributed by atoms with Crippen LogP contribution in [-0.2, 0) is 0 Å². The van der Waals surface area contributed by atoms with Gasteiger partial charge in [0.25, 0.3) is 0 Å². The average molecular weight is 339 g/mol. The van der Waals surface area contributed by atoms with Crippen molar-refractivity contribution in [2.75, 3.05) is 17.2 Å². The highest BCUT2D eigenvalue weighted by atomic mass is 35.5. The highest BCUT2D eigenvalue weighted by molar-refractivity contribution is 6.35. The first-order valence-corrected chi connectivity index (χ1v) is 8.15. The Morgan fingerprint density at radius 3 is 2.41 bits per heavy atom. The fourth-order valence-electron chi connectivity index (χ4n) is 2.06. The zero-order valence-electron chi connectivity index (χ0n) is 12.8. The van der Waals surface area contributed by atoms with Crippen molar-refractivity contribution in [3.05, 3.63) is 40.0 Å². The number of halogens is 2. The lowest BCUT2D eigenvalue weighted by atomic mass is 10.2. The molecule has 0 radical (unpaired) electrons. The van der Waals surface area contributed by atoms with E-state index in [0.29, 0.717) is 21.8 Å². The molecule has 2 N–H and O–H groups in total. The van der Waals surface area contributed by atoms with E-state index < -0.39 is 0 Å². The number of aromatic nitrogens is 2. The molecule has 0 saturated carbocycles. The molecular formula is C16H20Cl2N4. The number of nitrogens with one attached hydrogen (secondary N) is 2. The molecule has 0 saturated heterocycles. The lowest BCUT2D eigenvalue weighted by Crippen LogP contribution is -2.07. The number of hydrogen-bond donors (Lipinski definition) is 2. The van der Waals surface area contributed by atoms with Crippen LogP contribution in [0.15, 0.2) is 24.3 Å². The average Bonchev–Trinajstić information content (AvgIpc) is 2.42. The molecule has 22 heavy (non-hydrogen) atoms. The van der Waals surface area contributed by atoms with E-state index in [1.165, 1.54) is 12.8 Å². The molecule has 6 heteroatoms. The van der Waals surface area contributed by atoms with Crippen LogP contribution in [0.5, 0.6) is 0 Å². The molecule has 0 aliphatic rings. The topological polar surface area (TPSA) is 49.8 Å². The number of rotatable bonds is 7. The van der Waals surface area contributed by atoms with E-state index in [0.717, 1.165) is 24.3 Å². The van der Waals surface area contributed by atoms with Crippen molar-refractivity contribution >= 4 is 40.7 Å². The molecule has 0 amide bonds. The van der Waals surface area contributed by atoms with Crippen molar-refractivity contribution < 1.29 is 0 Å². The van der Waals surface area contributed by atoms with Gasteiger partial charge in [0.2, 0.25) is 5.95 Å². The standard InChI is InChI=1S/C16H20Cl2N4/c1-3-4-5-6-19-16-20-11(2)7-15(22-16)21-14-9-12(17)8-13(18)10-14/h7-10H,3-6H2,1-2H3,(H2,19,20,21,22). The van der Waals surface area contributed by atoms with Gasteiger partial charge < -0.3 is 10.6 Å². The lowest BCUT2D eigenvalue weighted by molar-refractivity contribution is 0.740. The predicted octanol–water partition coefficient (Wildman–Crippen LogP) is 5.44. The van der Waals surface area contributed by atoms with E-state index in [4.69, 9.17) is 23.2 Å². The number of anilines is 3. The third kappa shape index (κ3) is 5.35. The third-order valence-corrected chi connectivity index (χ3v) is 3.49. The monoisotopic (exact) mass is 338 g/mol. The van der Waals surface area contributed by atoms with Crippen LogP contribution in [-0.4, -0.2) is 16.5 Å². The molecule has 1 aromatic carbocycles. The number of hydrogen-bond acceptors (Lipinski definition) is 4. The van der Waals surface area contributed by atoms with Crippen molar-refractivity contribution in [2.45, 2.75) is 33.1 Å². The predicted molar refractivity (Wildman–Crippen MR) is 94.5 cm³/mol. The van der Waals surface area contributed by atoms with E-state index in [-0.39, 0.29) is 0 Å². The molecule has 0 spiro atoms. The van der Waals surface area contributed by atoms with E-state index in [1.54, 1.807) is 18.2 Å². The highest BCUT2D eigenvalue weighted by Crippen LogP contribution is 2.25. The molecule has 2 rings (SSSR count). The summed E-state index contributed by atoms with van der Waals surface area (Å²) in [5.41, 5.74) is 1.69. The summed E-state index contributed by atoms with van der Waals surface area (Å²) >= 11 is 12.0. The van der Waals surface area contributed by atoms with Crippen molar-refractivity contribution in [1.29, 1.82) is 0 Å². The molecule has 0 aliphatic heterocycles. The molecule has 1 aromatic heterocycles. The summed E-state index contributed by atoms with van der Waals surface area (Å²) in [4.78, 5) is 8.86. The van der Waals surface area contributed by atoms with Gasteiger partial charge in [0.1, 0.15) is 5.82 Å². The van der Waals surface area contributed by atoms with Gasteiger partial charge in [0.05, 0.1) is 0 Å². The lowest BCUT2D eigenvalue weighted by Gasteiger charge is -2.10. The third-order valence-electron chi connectivity index (χ3n) is 3.05. The molecule has 118 valence electrons. The molecule has 4 nitrogen and oxygen atoms in total. The summed E-state index contributed by atoms with van der Waals surface area (Å²) in [5.74, 6) is 1.34. The molecular weight excluding hydrogens is 319 g/mol. The summed E-state index contributed by atoms with van der Waals surface area (Å²) < 4.78 is 0. The zero-order valence-corrected chi connectivity index (χ0v) is 14.3. The van der Waals surface area contributed by atoms with Crippen molar-refractivity contribution in [3.63, 3.8) is 0 Å². The fraction of sp³-hybridized carbons (Fsp3) is 0.375. The van der Waals surface area contributed by atoms with Gasteiger partial charge in [-0.1, -0.05) is 43.0 Å². The van der Waals surface area contributed by atoms with Gasteiger partial charge in [0, 0.05) is 34.0 Å². The quantitative estimate of drug-likeness (QED) is 0.660. The number of unbranched alkanes of at least 4 members (excludes halogenated alkanes) is 2. The molecule has 1 heterocycles. The molecule has 0 bridgehead atoms. The zero-order chi connectivity index (χ0) is 15.9. The van der Waals surface area contributed by atoms with Gasteiger partial charge in [-0.2, -0.15) is 4.98 Å². The van der Waals surface area contributed by atoms with Crippen molar-refractivity contribution in [1.82, 2.24) is 9.97 Å². The number of nitrogens with zero attached hydrogens (tertiary/aromatic N) is 2. The summed E-state index contributed by atoms with van der Waals surface area (Å²) in [7, 11) is 0. The largest absolute Gasteiger partial charge is 0.354 e. The second-order valence-electron chi connectivity index (χ2n) is 5.14. The van der Waals surface area contributed by atoms with Gasteiger partial charge in [-0.05, 0) is 31.5 Å². The van der Waals surface area contributed by atoms with Crippen molar-refractivity contribution in [2.24, 2.45) is 0 Å². The second kappa shape index (κ2) is 8.20. The van der Waals surface area contributed by atoms with E-state index >= 15 is 0 Å². The van der Waals surface area contributed by atoms with Crippen LogP contribution in [0.3, 0.4) is 0 Å². The van der Waals surface area contributed by atoms with Crippen LogP contribution in [0.2, 0.25) is 10.0 Å². The molecule has 2 aromatic rings. The SMILES string of the molecule is CCCCCNc1nc(C)cc(Nc2cc(Cl)cc(Cl)c2)n1. The van der Waals surface area contributed by atoms with Crippen LogP contribution in [0.1, 0.15) is 31.9 Å². The Balaban J connectivity index is 2.08. The molecule has 0 aliphatic carbocycles. The Bertz CT molecular complexity index is 611. The minimum Gasteiger partial charge on any atom is -0.354 e. The van der Waals surface area contributed by atoms with Gasteiger partial charge in [-0.3, -0.25) is 0 Å². The van der Waals surface area contributed by atoms with Crippen LogP contribution >= 0.6 is 23.2 Å². The Labute approximate surface area is 141 Å². The number of aryl methyl sites for hydroxylation is 1. The molecule has 0 fully saturated rings. The first-order chi connectivity index (χ1) is 10.6. The van der Waals surface area contributed by atoms with Crippen LogP contribution < -0.4 is 10.6 Å². The van der Waals surface area contributed by atoms with Crippen LogP contribution in [0.25, 0.3) is 0 Å². The number of benzene rings is 1. The van der Waals surface area contributed by atoms with Gasteiger partial charge in [-0.25, -0.2) is 4.98 Å². The molecule has 0 atom stereocenters. The van der Waals surface area contributed by atoms with E-state index in [1.807, 2.05) is 13.0 Å². The normalized spacial score (nSPS) is 10.5. The summed E-state index contributed by atoms with van der Waals surface area (Å²) in [6, 6.07) is 7.19. The van der Waals surface area contributed by atoms with Crippen LogP contribution in [0.4, 0.5) is 17.5 Å². The van der Waals surface area contributed by atoms with Gasteiger partial charge >= 0.3 is 0 Å². The van der Waals surface area contributed by atoms with Crippen molar-refractivity contribution in [3.8, 4) is 0 Å². The first-order valence-electron chi connectivity index (χ1n) is 7.39. The first kappa shape index (κ1) is 16.8. The Kier molecular flexibility index (Phi) is 6.28. The highest BCUT2D eigenvalue weighted by Gasteiger charge is 2.04.